The molecule has 8 heteroatoms. The van der Waals surface area contributed by atoms with E-state index in [1.807, 2.05) is 6.92 Å². The summed E-state index contributed by atoms with van der Waals surface area (Å²) in [4.78, 5) is 25.4. The topological polar surface area (TPSA) is 72.7 Å². The fourth-order valence-corrected chi connectivity index (χ4v) is 3.77. The quantitative estimate of drug-likeness (QED) is 0.456. The number of hydrogen-bond donors (Lipinski definition) is 0. The van der Waals surface area contributed by atoms with Gasteiger partial charge in [-0.3, -0.25) is 14.9 Å². The average Bonchev–Trinajstić information content (AvgIpc) is 3.09. The highest BCUT2D eigenvalue weighted by Crippen LogP contribution is 2.30. The highest BCUT2D eigenvalue weighted by Gasteiger charge is 2.19. The lowest BCUT2D eigenvalue weighted by Crippen LogP contribution is -2.29. The summed E-state index contributed by atoms with van der Waals surface area (Å²) in [5.74, 6) is -0.524. The first-order chi connectivity index (χ1) is 12.9. The number of amides is 1. The zero-order chi connectivity index (χ0) is 19.6. The van der Waals surface area contributed by atoms with E-state index in [1.165, 1.54) is 42.7 Å². The molecule has 2 aromatic carbocycles. The van der Waals surface area contributed by atoms with E-state index in [0.29, 0.717) is 22.4 Å². The van der Waals surface area contributed by atoms with Gasteiger partial charge in [-0.2, -0.15) is 0 Å². The molecular formula is C19H17FN2O4S. The summed E-state index contributed by atoms with van der Waals surface area (Å²) in [5, 5.41) is 11.6. The normalized spacial score (nSPS) is 10.8. The van der Waals surface area contributed by atoms with Crippen LogP contribution in [0.1, 0.15) is 22.2 Å². The number of carbonyl (C=O) groups is 1. The molecule has 3 rings (SSSR count). The van der Waals surface area contributed by atoms with Gasteiger partial charge < -0.3 is 9.64 Å². The maximum Gasteiger partial charge on any atom is 0.270 e. The molecule has 0 spiro atoms. The van der Waals surface area contributed by atoms with E-state index in [1.54, 1.807) is 23.1 Å². The molecule has 3 aromatic rings. The monoisotopic (exact) mass is 388 g/mol. The number of nitrogens with zero attached hydrogens (tertiary/aromatic N) is 2. The van der Waals surface area contributed by atoms with Crippen molar-refractivity contribution in [1.82, 2.24) is 4.90 Å². The van der Waals surface area contributed by atoms with Gasteiger partial charge >= 0.3 is 0 Å². The van der Waals surface area contributed by atoms with Crippen molar-refractivity contribution in [2.75, 3.05) is 13.7 Å². The minimum atomic E-state index is -0.479. The minimum Gasteiger partial charge on any atom is -0.494 e. The fraction of sp³-hybridized carbons (Fsp3) is 0.211. The van der Waals surface area contributed by atoms with E-state index in [4.69, 9.17) is 4.74 Å². The molecule has 0 aliphatic rings. The Labute approximate surface area is 158 Å². The van der Waals surface area contributed by atoms with E-state index in [9.17, 15) is 19.3 Å². The van der Waals surface area contributed by atoms with Crippen molar-refractivity contribution in [2.45, 2.75) is 13.5 Å². The number of ether oxygens (including phenoxy) is 1. The third-order valence-electron chi connectivity index (χ3n) is 4.18. The molecule has 0 unspecified atom stereocenters. The Balaban J connectivity index is 1.85. The fourth-order valence-electron chi connectivity index (χ4n) is 2.76. The van der Waals surface area contributed by atoms with Crippen molar-refractivity contribution in [1.29, 1.82) is 0 Å². The molecule has 0 radical (unpaired) electrons. The van der Waals surface area contributed by atoms with Crippen LogP contribution in [-0.2, 0) is 6.54 Å². The number of carbonyl (C=O) groups excluding carboxylic acids is 1. The Hall–Kier alpha value is -3.00. The van der Waals surface area contributed by atoms with Gasteiger partial charge in [-0.05, 0) is 36.8 Å². The molecule has 1 amide bonds. The first kappa shape index (κ1) is 18.8. The van der Waals surface area contributed by atoms with Gasteiger partial charge in [0.1, 0.15) is 0 Å². The highest BCUT2D eigenvalue weighted by molar-refractivity contribution is 7.20. The van der Waals surface area contributed by atoms with Crippen LogP contribution in [0.3, 0.4) is 0 Å². The predicted molar refractivity (Wildman–Crippen MR) is 102 cm³/mol. The van der Waals surface area contributed by atoms with Crippen molar-refractivity contribution in [3.63, 3.8) is 0 Å². The van der Waals surface area contributed by atoms with Crippen molar-refractivity contribution in [2.24, 2.45) is 0 Å². The van der Waals surface area contributed by atoms with Crippen LogP contribution < -0.4 is 4.74 Å². The molecule has 0 saturated carbocycles. The van der Waals surface area contributed by atoms with Crippen LogP contribution in [0, 0.1) is 15.9 Å². The van der Waals surface area contributed by atoms with Crippen molar-refractivity contribution in [3.8, 4) is 5.75 Å². The maximum atomic E-state index is 13.9. The number of non-ortho nitro benzene ring substituents is 1. The first-order valence-electron chi connectivity index (χ1n) is 8.22. The Bertz CT molecular complexity index is 1020. The molecule has 27 heavy (non-hydrogen) atoms. The number of fused-ring (bicyclic) bond motifs is 1. The summed E-state index contributed by atoms with van der Waals surface area (Å²) in [6, 6.07) is 10.8. The van der Waals surface area contributed by atoms with Crippen LogP contribution in [0.15, 0.2) is 42.5 Å². The molecule has 0 fully saturated rings. The second-order valence-electron chi connectivity index (χ2n) is 5.88. The molecule has 0 aliphatic carbocycles. The van der Waals surface area contributed by atoms with Crippen molar-refractivity contribution >= 4 is 33.0 Å². The van der Waals surface area contributed by atoms with Crippen LogP contribution in [0.25, 0.3) is 10.1 Å². The Morgan fingerprint density at radius 2 is 2.04 bits per heavy atom. The van der Waals surface area contributed by atoms with Crippen molar-refractivity contribution < 1.29 is 18.8 Å². The third-order valence-corrected chi connectivity index (χ3v) is 5.28. The third kappa shape index (κ3) is 3.90. The molecule has 6 nitrogen and oxygen atoms in total. The Morgan fingerprint density at radius 3 is 2.67 bits per heavy atom. The average molecular weight is 388 g/mol. The number of thiophene rings is 1. The van der Waals surface area contributed by atoms with Crippen LogP contribution in [-0.4, -0.2) is 29.4 Å². The van der Waals surface area contributed by atoms with Gasteiger partial charge in [-0.15, -0.1) is 11.3 Å². The molecule has 140 valence electrons. The Morgan fingerprint density at radius 1 is 1.26 bits per heavy atom. The van der Waals surface area contributed by atoms with Crippen molar-refractivity contribution in [3.05, 3.63) is 68.8 Å². The lowest BCUT2D eigenvalue weighted by atomic mass is 10.2. The van der Waals surface area contributed by atoms with Gasteiger partial charge in [-0.25, -0.2) is 4.39 Å². The van der Waals surface area contributed by atoms with E-state index in [-0.39, 0.29) is 23.9 Å². The van der Waals surface area contributed by atoms with Gasteiger partial charge in [0.2, 0.25) is 0 Å². The lowest BCUT2D eigenvalue weighted by Gasteiger charge is -2.20. The zero-order valence-corrected chi connectivity index (χ0v) is 15.6. The van der Waals surface area contributed by atoms with E-state index in [2.05, 4.69) is 0 Å². The largest absolute Gasteiger partial charge is 0.494 e. The molecule has 0 saturated heterocycles. The van der Waals surface area contributed by atoms with Gasteiger partial charge in [-0.1, -0.05) is 6.07 Å². The van der Waals surface area contributed by atoms with Gasteiger partial charge in [0, 0.05) is 35.3 Å². The number of rotatable bonds is 6. The predicted octanol–water partition coefficient (Wildman–Crippen LogP) is 4.62. The SMILES string of the molecule is CCN(Cc1ccc(OC)c(F)c1)C(=O)c1cc2cc([N+](=O)[O-])ccc2s1. The molecule has 0 aliphatic heterocycles. The van der Waals surface area contributed by atoms with Crippen LogP contribution in [0.5, 0.6) is 5.75 Å². The summed E-state index contributed by atoms with van der Waals surface area (Å²) in [7, 11) is 1.39. The number of nitro benzene ring substituents is 1. The maximum absolute atomic E-state index is 13.9. The Kier molecular flexibility index (Phi) is 5.36. The molecule has 0 N–H and O–H groups in total. The number of halogens is 1. The van der Waals surface area contributed by atoms with Crippen LogP contribution in [0.4, 0.5) is 10.1 Å². The van der Waals surface area contributed by atoms with E-state index >= 15 is 0 Å². The number of hydrogen-bond acceptors (Lipinski definition) is 5. The number of methoxy groups -OCH3 is 1. The van der Waals surface area contributed by atoms with Gasteiger partial charge in [0.15, 0.2) is 11.6 Å². The minimum absolute atomic E-state index is 0.0136. The summed E-state index contributed by atoms with van der Waals surface area (Å²) >= 11 is 1.28. The zero-order valence-electron chi connectivity index (χ0n) is 14.8. The number of benzene rings is 2. The van der Waals surface area contributed by atoms with Gasteiger partial charge in [0.25, 0.3) is 11.6 Å². The summed E-state index contributed by atoms with van der Waals surface area (Å²) in [5.41, 5.74) is 0.639. The van der Waals surface area contributed by atoms with Crippen LogP contribution in [0.2, 0.25) is 0 Å². The second kappa shape index (κ2) is 7.71. The van der Waals surface area contributed by atoms with Gasteiger partial charge in [0.05, 0.1) is 16.9 Å². The second-order valence-corrected chi connectivity index (χ2v) is 6.96. The summed E-state index contributed by atoms with van der Waals surface area (Å²) in [6.45, 7) is 2.54. The summed E-state index contributed by atoms with van der Waals surface area (Å²) < 4.78 is 19.6. The first-order valence-corrected chi connectivity index (χ1v) is 9.04. The van der Waals surface area contributed by atoms with E-state index in [0.717, 1.165) is 4.70 Å². The molecule has 1 aromatic heterocycles. The standard InChI is InChI=1S/C19H17FN2O4S/c1-3-21(11-12-4-6-16(26-2)15(20)8-12)19(23)18-10-13-9-14(22(24)25)5-7-17(13)27-18/h4-10H,3,11H2,1-2H3. The lowest BCUT2D eigenvalue weighted by molar-refractivity contribution is -0.384. The highest BCUT2D eigenvalue weighted by atomic mass is 32.1. The van der Waals surface area contributed by atoms with E-state index < -0.39 is 10.7 Å². The molecule has 0 bridgehead atoms. The van der Waals surface area contributed by atoms with Crippen LogP contribution >= 0.6 is 11.3 Å². The smallest absolute Gasteiger partial charge is 0.270 e. The molecular weight excluding hydrogens is 371 g/mol. The molecule has 1 heterocycles. The summed E-state index contributed by atoms with van der Waals surface area (Å²) in [6.07, 6.45) is 0. The molecule has 0 atom stereocenters. The number of nitro groups is 1.